The summed E-state index contributed by atoms with van der Waals surface area (Å²) < 4.78 is 27.9. The van der Waals surface area contributed by atoms with Gasteiger partial charge in [-0.25, -0.2) is 8.42 Å². The first-order valence-electron chi connectivity index (χ1n) is 11.1. The van der Waals surface area contributed by atoms with Gasteiger partial charge in [0.2, 0.25) is 10.0 Å². The Balaban J connectivity index is 1.73. The molecule has 0 radical (unpaired) electrons. The largest absolute Gasteiger partial charge is 0.350 e. The number of carbonyl (C=O) groups is 1. The number of carbonyl (C=O) groups excluding carboxylic acids is 1. The number of amides is 1. The van der Waals surface area contributed by atoms with E-state index in [0.29, 0.717) is 25.2 Å². The van der Waals surface area contributed by atoms with Crippen molar-refractivity contribution < 1.29 is 13.2 Å². The highest BCUT2D eigenvalue weighted by Crippen LogP contribution is 2.27. The molecule has 0 bridgehead atoms. The number of nitrogens with one attached hydrogen (secondary N) is 1. The Hall–Kier alpha value is -1.93. The number of halogens is 1. The Bertz CT molecular complexity index is 1000. The van der Waals surface area contributed by atoms with Crippen molar-refractivity contribution in [3.05, 3.63) is 64.7 Å². The van der Waals surface area contributed by atoms with E-state index in [1.54, 1.807) is 6.07 Å². The standard InChI is InChI=1S/C24H32ClN3O3S/c1-27(2)21(16-19-10-6-5-7-11-19)18-26-24(29)20-12-13-22(25)23(17-20)32(30,31)28-14-8-3-4-9-15-28/h5-7,10-13,17,21H,3-4,8-9,14-16,18H2,1-2H3,(H,26,29). The van der Waals surface area contributed by atoms with Gasteiger partial charge in [-0.15, -0.1) is 0 Å². The molecular weight excluding hydrogens is 446 g/mol. The molecule has 1 fully saturated rings. The third-order valence-corrected chi connectivity index (χ3v) is 8.30. The van der Waals surface area contributed by atoms with Crippen molar-refractivity contribution in [3.63, 3.8) is 0 Å². The molecule has 1 heterocycles. The SMILES string of the molecule is CN(C)C(CNC(=O)c1ccc(Cl)c(S(=O)(=O)N2CCCCCC2)c1)Cc1ccccc1. The third kappa shape index (κ3) is 6.32. The van der Waals surface area contributed by atoms with E-state index in [1.165, 1.54) is 22.0 Å². The van der Waals surface area contributed by atoms with E-state index in [2.05, 4.69) is 22.3 Å². The zero-order valence-electron chi connectivity index (χ0n) is 18.8. The molecule has 3 rings (SSSR count). The minimum Gasteiger partial charge on any atom is -0.350 e. The second-order valence-electron chi connectivity index (χ2n) is 8.48. The number of benzene rings is 2. The van der Waals surface area contributed by atoms with Crippen molar-refractivity contribution in [2.24, 2.45) is 0 Å². The van der Waals surface area contributed by atoms with Gasteiger partial charge in [0.25, 0.3) is 5.91 Å². The highest BCUT2D eigenvalue weighted by molar-refractivity contribution is 7.89. The molecule has 0 saturated carbocycles. The lowest BCUT2D eigenvalue weighted by Gasteiger charge is -2.25. The van der Waals surface area contributed by atoms with E-state index in [4.69, 9.17) is 11.6 Å². The second-order valence-corrected chi connectivity index (χ2v) is 10.8. The van der Waals surface area contributed by atoms with Gasteiger partial charge in [-0.05, 0) is 57.1 Å². The Morgan fingerprint density at radius 1 is 1.06 bits per heavy atom. The van der Waals surface area contributed by atoms with Gasteiger partial charge in [0.05, 0.1) is 5.02 Å². The third-order valence-electron chi connectivity index (χ3n) is 5.92. The highest BCUT2D eigenvalue weighted by Gasteiger charge is 2.28. The number of hydrogen-bond acceptors (Lipinski definition) is 4. The van der Waals surface area contributed by atoms with Crippen LogP contribution in [-0.4, -0.2) is 63.3 Å². The van der Waals surface area contributed by atoms with Gasteiger partial charge >= 0.3 is 0 Å². The molecule has 1 saturated heterocycles. The zero-order valence-corrected chi connectivity index (χ0v) is 20.3. The molecule has 6 nitrogen and oxygen atoms in total. The summed E-state index contributed by atoms with van der Waals surface area (Å²) in [7, 11) is 0.216. The Morgan fingerprint density at radius 2 is 1.72 bits per heavy atom. The van der Waals surface area contributed by atoms with Crippen molar-refractivity contribution in [2.75, 3.05) is 33.7 Å². The Kier molecular flexibility index (Phi) is 8.71. The lowest BCUT2D eigenvalue weighted by atomic mass is 10.1. The lowest BCUT2D eigenvalue weighted by molar-refractivity contribution is 0.0941. The molecule has 1 amide bonds. The monoisotopic (exact) mass is 477 g/mol. The fourth-order valence-electron chi connectivity index (χ4n) is 3.90. The van der Waals surface area contributed by atoms with E-state index in [1.807, 2.05) is 32.3 Å². The van der Waals surface area contributed by atoms with Crippen LogP contribution < -0.4 is 5.32 Å². The van der Waals surface area contributed by atoms with Gasteiger partial charge in [-0.3, -0.25) is 4.79 Å². The van der Waals surface area contributed by atoms with Crippen LogP contribution >= 0.6 is 11.6 Å². The second kappa shape index (κ2) is 11.3. The van der Waals surface area contributed by atoms with E-state index in [0.717, 1.165) is 32.1 Å². The molecular formula is C24H32ClN3O3S. The molecule has 1 aliphatic rings. The summed E-state index contributed by atoms with van der Waals surface area (Å²) in [6.45, 7) is 1.41. The van der Waals surface area contributed by atoms with Gasteiger partial charge < -0.3 is 10.2 Å². The summed E-state index contributed by atoms with van der Waals surface area (Å²) in [5, 5.41) is 3.10. The molecule has 8 heteroatoms. The average Bonchev–Trinajstić information content (AvgIpc) is 3.07. The van der Waals surface area contributed by atoms with Crippen LogP contribution in [0, 0.1) is 0 Å². The first-order valence-corrected chi connectivity index (χ1v) is 12.9. The van der Waals surface area contributed by atoms with Gasteiger partial charge in [-0.2, -0.15) is 4.31 Å². The van der Waals surface area contributed by atoms with Gasteiger partial charge in [0.15, 0.2) is 0 Å². The molecule has 1 N–H and O–H groups in total. The van der Waals surface area contributed by atoms with Crippen LogP contribution in [0.15, 0.2) is 53.4 Å². The molecule has 2 aromatic carbocycles. The van der Waals surface area contributed by atoms with Crippen LogP contribution in [0.3, 0.4) is 0 Å². The topological polar surface area (TPSA) is 69.7 Å². The highest BCUT2D eigenvalue weighted by atomic mass is 35.5. The van der Waals surface area contributed by atoms with Gasteiger partial charge in [0.1, 0.15) is 4.90 Å². The maximum atomic E-state index is 13.2. The summed E-state index contributed by atoms with van der Waals surface area (Å²) >= 11 is 6.26. The fraction of sp³-hybridized carbons (Fsp3) is 0.458. The molecule has 0 spiro atoms. The van der Waals surface area contributed by atoms with Crippen LogP contribution in [-0.2, 0) is 16.4 Å². The number of likely N-dealkylation sites (N-methyl/N-ethyl adjacent to an activating group) is 1. The maximum Gasteiger partial charge on any atom is 0.251 e. The lowest BCUT2D eigenvalue weighted by Crippen LogP contribution is -2.41. The van der Waals surface area contributed by atoms with E-state index in [9.17, 15) is 13.2 Å². The number of sulfonamides is 1. The van der Waals surface area contributed by atoms with E-state index < -0.39 is 10.0 Å². The van der Waals surface area contributed by atoms with E-state index in [-0.39, 0.29) is 21.9 Å². The van der Waals surface area contributed by atoms with Crippen molar-refractivity contribution in [1.82, 2.24) is 14.5 Å². The molecule has 1 aliphatic heterocycles. The molecule has 0 aromatic heterocycles. The van der Waals surface area contributed by atoms with Gasteiger partial charge in [0, 0.05) is 31.2 Å². The first-order chi connectivity index (χ1) is 15.3. The van der Waals surface area contributed by atoms with Crippen molar-refractivity contribution in [1.29, 1.82) is 0 Å². The van der Waals surface area contributed by atoms with Crippen molar-refractivity contribution in [2.45, 2.75) is 43.0 Å². The number of hydrogen-bond donors (Lipinski definition) is 1. The fourth-order valence-corrected chi connectivity index (χ4v) is 5.92. The van der Waals surface area contributed by atoms with Crippen LogP contribution in [0.5, 0.6) is 0 Å². The first kappa shape index (κ1) is 24.7. The Morgan fingerprint density at radius 3 is 2.34 bits per heavy atom. The molecule has 32 heavy (non-hydrogen) atoms. The van der Waals surface area contributed by atoms with Crippen LogP contribution in [0.25, 0.3) is 0 Å². The van der Waals surface area contributed by atoms with Gasteiger partial charge in [-0.1, -0.05) is 54.8 Å². The van der Waals surface area contributed by atoms with E-state index >= 15 is 0 Å². The summed E-state index contributed by atoms with van der Waals surface area (Å²) in [5.41, 5.74) is 1.48. The summed E-state index contributed by atoms with van der Waals surface area (Å²) in [5.74, 6) is -0.311. The minimum atomic E-state index is -3.74. The smallest absolute Gasteiger partial charge is 0.251 e. The quantitative estimate of drug-likeness (QED) is 0.627. The Labute approximate surface area is 196 Å². The van der Waals surface area contributed by atoms with Crippen molar-refractivity contribution in [3.8, 4) is 0 Å². The van der Waals surface area contributed by atoms with Crippen LogP contribution in [0.1, 0.15) is 41.6 Å². The minimum absolute atomic E-state index is 0.00200. The van der Waals surface area contributed by atoms with Crippen LogP contribution in [0.2, 0.25) is 5.02 Å². The average molecular weight is 478 g/mol. The molecule has 2 aromatic rings. The zero-order chi connectivity index (χ0) is 23.1. The van der Waals surface area contributed by atoms with Crippen molar-refractivity contribution >= 4 is 27.5 Å². The maximum absolute atomic E-state index is 13.2. The summed E-state index contributed by atoms with van der Waals surface area (Å²) in [6, 6.07) is 14.7. The predicted octanol–water partition coefficient (Wildman–Crippen LogP) is 3.81. The predicted molar refractivity (Wildman–Crippen MR) is 129 cm³/mol. The summed E-state index contributed by atoms with van der Waals surface area (Å²) in [6.07, 6.45) is 4.52. The number of nitrogens with zero attached hydrogens (tertiary/aromatic N) is 2. The van der Waals surface area contributed by atoms with Crippen LogP contribution in [0.4, 0.5) is 0 Å². The molecule has 1 atom stereocenters. The molecule has 0 aliphatic carbocycles. The number of rotatable bonds is 8. The normalized spacial score (nSPS) is 16.5. The molecule has 1 unspecified atom stereocenters. The summed E-state index contributed by atoms with van der Waals surface area (Å²) in [4.78, 5) is 14.9. The molecule has 174 valence electrons.